The number of halogens is 2. The van der Waals surface area contributed by atoms with Crippen molar-refractivity contribution < 1.29 is 14.2 Å². The minimum Gasteiger partial charge on any atom is -0.488 e. The molecule has 0 aromatic heterocycles. The second-order valence-electron chi connectivity index (χ2n) is 4.71. The summed E-state index contributed by atoms with van der Waals surface area (Å²) in [5, 5.41) is 10.1. The summed E-state index contributed by atoms with van der Waals surface area (Å²) in [5.41, 5.74) is 2.01. The summed E-state index contributed by atoms with van der Waals surface area (Å²) in [6.07, 6.45) is -0.652. The van der Waals surface area contributed by atoms with Gasteiger partial charge in [0.05, 0.1) is 11.1 Å². The van der Waals surface area contributed by atoms with Crippen molar-refractivity contribution in [2.75, 3.05) is 0 Å². The van der Waals surface area contributed by atoms with Crippen LogP contribution in [0.2, 0.25) is 5.02 Å². The van der Waals surface area contributed by atoms with Crippen LogP contribution in [0, 0.1) is 12.7 Å². The van der Waals surface area contributed by atoms with Crippen molar-refractivity contribution in [1.82, 2.24) is 0 Å². The zero-order valence-corrected chi connectivity index (χ0v) is 12.1. The molecule has 1 atom stereocenters. The van der Waals surface area contributed by atoms with Crippen LogP contribution in [0.1, 0.15) is 29.7 Å². The average Bonchev–Trinajstić information content (AvgIpc) is 2.39. The van der Waals surface area contributed by atoms with Crippen LogP contribution < -0.4 is 4.74 Å². The maximum atomic E-state index is 13.7. The highest BCUT2D eigenvalue weighted by atomic mass is 35.5. The molecule has 0 fully saturated rings. The highest BCUT2D eigenvalue weighted by Gasteiger charge is 2.12. The van der Waals surface area contributed by atoms with Crippen LogP contribution in [0.5, 0.6) is 5.75 Å². The van der Waals surface area contributed by atoms with Crippen molar-refractivity contribution >= 4 is 11.6 Å². The molecule has 2 rings (SSSR count). The lowest BCUT2D eigenvalue weighted by Crippen LogP contribution is -2.03. The van der Waals surface area contributed by atoms with E-state index in [9.17, 15) is 9.50 Å². The molecule has 0 saturated heterocycles. The number of aliphatic hydroxyl groups is 1. The van der Waals surface area contributed by atoms with Gasteiger partial charge in [-0.25, -0.2) is 4.39 Å². The van der Waals surface area contributed by atoms with Crippen LogP contribution in [-0.4, -0.2) is 5.11 Å². The molecule has 0 bridgehead atoms. The summed E-state index contributed by atoms with van der Waals surface area (Å²) in [6.45, 7) is 3.62. The largest absolute Gasteiger partial charge is 0.488 e. The summed E-state index contributed by atoms with van der Waals surface area (Å²) in [4.78, 5) is 0. The lowest BCUT2D eigenvalue weighted by molar-refractivity contribution is 0.189. The first kappa shape index (κ1) is 14.8. The van der Waals surface area contributed by atoms with Gasteiger partial charge in [-0.05, 0) is 38.1 Å². The number of aryl methyl sites for hydroxylation is 1. The summed E-state index contributed by atoms with van der Waals surface area (Å²) < 4.78 is 19.3. The molecule has 4 heteroatoms. The predicted molar refractivity (Wildman–Crippen MR) is 77.6 cm³/mol. The van der Waals surface area contributed by atoms with Crippen molar-refractivity contribution in [1.29, 1.82) is 0 Å². The molecule has 0 amide bonds. The van der Waals surface area contributed by atoms with Crippen LogP contribution >= 0.6 is 11.6 Å². The summed E-state index contributed by atoms with van der Waals surface area (Å²) >= 11 is 5.95. The van der Waals surface area contributed by atoms with Gasteiger partial charge in [-0.15, -0.1) is 0 Å². The maximum absolute atomic E-state index is 13.7. The minimum atomic E-state index is -0.652. The Morgan fingerprint density at radius 3 is 2.70 bits per heavy atom. The highest BCUT2D eigenvalue weighted by molar-refractivity contribution is 6.31. The normalized spacial score (nSPS) is 12.2. The third-order valence-corrected chi connectivity index (χ3v) is 3.40. The predicted octanol–water partition coefficient (Wildman–Crippen LogP) is 4.42. The zero-order valence-electron chi connectivity index (χ0n) is 11.4. The fraction of sp³-hybridized carbons (Fsp3) is 0.250. The molecule has 106 valence electrons. The van der Waals surface area contributed by atoms with Gasteiger partial charge in [0.25, 0.3) is 0 Å². The molecule has 0 unspecified atom stereocenters. The van der Waals surface area contributed by atoms with Crippen molar-refractivity contribution in [2.24, 2.45) is 0 Å². The smallest absolute Gasteiger partial charge is 0.131 e. The first-order chi connectivity index (χ1) is 9.49. The Bertz CT molecular complexity index is 591. The molecule has 20 heavy (non-hydrogen) atoms. The molecule has 0 aliphatic rings. The van der Waals surface area contributed by atoms with Crippen LogP contribution in [0.25, 0.3) is 0 Å². The SMILES string of the molecule is Cc1ccc(OCc2c(F)cccc2Cl)c([C@@H](C)O)c1. The molecule has 0 aliphatic carbocycles. The zero-order chi connectivity index (χ0) is 14.7. The first-order valence-corrected chi connectivity index (χ1v) is 6.71. The Labute approximate surface area is 122 Å². The van der Waals surface area contributed by atoms with Crippen molar-refractivity contribution in [2.45, 2.75) is 26.6 Å². The van der Waals surface area contributed by atoms with Crippen molar-refractivity contribution in [3.8, 4) is 5.75 Å². The topological polar surface area (TPSA) is 29.5 Å². The van der Waals surface area contributed by atoms with Gasteiger partial charge in [0.1, 0.15) is 18.2 Å². The van der Waals surface area contributed by atoms with E-state index in [4.69, 9.17) is 16.3 Å². The number of rotatable bonds is 4. The van der Waals surface area contributed by atoms with E-state index >= 15 is 0 Å². The summed E-state index contributed by atoms with van der Waals surface area (Å²) in [5.74, 6) is 0.133. The Hall–Kier alpha value is -1.58. The van der Waals surface area contributed by atoms with E-state index in [0.717, 1.165) is 5.56 Å². The molecular formula is C16H16ClFO2. The van der Waals surface area contributed by atoms with Gasteiger partial charge in [0.2, 0.25) is 0 Å². The van der Waals surface area contributed by atoms with Crippen molar-refractivity contribution in [3.05, 3.63) is 63.9 Å². The maximum Gasteiger partial charge on any atom is 0.131 e. The first-order valence-electron chi connectivity index (χ1n) is 6.33. The van der Waals surface area contributed by atoms with Gasteiger partial charge in [-0.2, -0.15) is 0 Å². The quantitative estimate of drug-likeness (QED) is 0.904. The van der Waals surface area contributed by atoms with E-state index in [2.05, 4.69) is 0 Å². The van der Waals surface area contributed by atoms with Crippen LogP contribution in [0.3, 0.4) is 0 Å². The van der Waals surface area contributed by atoms with Gasteiger partial charge in [-0.3, -0.25) is 0 Å². The van der Waals surface area contributed by atoms with E-state index in [0.29, 0.717) is 21.9 Å². The monoisotopic (exact) mass is 294 g/mol. The van der Waals surface area contributed by atoms with Crippen molar-refractivity contribution in [3.63, 3.8) is 0 Å². The summed E-state index contributed by atoms with van der Waals surface area (Å²) in [6, 6.07) is 10.0. The molecule has 0 radical (unpaired) electrons. The van der Waals surface area contributed by atoms with Gasteiger partial charge < -0.3 is 9.84 Å². The molecule has 2 nitrogen and oxygen atoms in total. The lowest BCUT2D eigenvalue weighted by Gasteiger charge is -2.15. The van der Waals surface area contributed by atoms with Gasteiger partial charge in [-0.1, -0.05) is 29.3 Å². The van der Waals surface area contributed by atoms with Gasteiger partial charge >= 0.3 is 0 Å². The highest BCUT2D eigenvalue weighted by Crippen LogP contribution is 2.28. The third kappa shape index (κ3) is 3.30. The molecule has 0 spiro atoms. The number of benzene rings is 2. The van der Waals surface area contributed by atoms with Gasteiger partial charge in [0.15, 0.2) is 0 Å². The Morgan fingerprint density at radius 2 is 2.05 bits per heavy atom. The average molecular weight is 295 g/mol. The standard InChI is InChI=1S/C16H16ClFO2/c1-10-6-7-16(12(8-10)11(2)19)20-9-13-14(17)4-3-5-15(13)18/h3-8,11,19H,9H2,1-2H3/t11-/m1/s1. The second-order valence-corrected chi connectivity index (χ2v) is 5.11. The molecule has 1 N–H and O–H groups in total. The Morgan fingerprint density at radius 1 is 1.30 bits per heavy atom. The van der Waals surface area contributed by atoms with Gasteiger partial charge in [0, 0.05) is 11.1 Å². The number of hydrogen-bond acceptors (Lipinski definition) is 2. The molecule has 0 aliphatic heterocycles. The Kier molecular flexibility index (Phi) is 4.63. The second kappa shape index (κ2) is 6.25. The van der Waals surface area contributed by atoms with E-state index in [1.165, 1.54) is 6.07 Å². The fourth-order valence-electron chi connectivity index (χ4n) is 1.95. The van der Waals surface area contributed by atoms with E-state index in [-0.39, 0.29) is 6.61 Å². The number of hydrogen-bond donors (Lipinski definition) is 1. The van der Waals surface area contributed by atoms with Crippen LogP contribution in [0.4, 0.5) is 4.39 Å². The van der Waals surface area contributed by atoms with E-state index < -0.39 is 11.9 Å². The lowest BCUT2D eigenvalue weighted by atomic mass is 10.1. The molecule has 2 aromatic rings. The Balaban J connectivity index is 2.23. The van der Waals surface area contributed by atoms with E-state index in [1.807, 2.05) is 19.1 Å². The molecule has 0 heterocycles. The molecular weight excluding hydrogens is 279 g/mol. The van der Waals surface area contributed by atoms with Crippen LogP contribution in [-0.2, 0) is 6.61 Å². The van der Waals surface area contributed by atoms with Crippen LogP contribution in [0.15, 0.2) is 36.4 Å². The number of ether oxygens (including phenoxy) is 1. The van der Waals surface area contributed by atoms with E-state index in [1.54, 1.807) is 25.1 Å². The third-order valence-electron chi connectivity index (χ3n) is 3.05. The summed E-state index contributed by atoms with van der Waals surface area (Å²) in [7, 11) is 0. The minimum absolute atomic E-state index is 0.0221. The fourth-order valence-corrected chi connectivity index (χ4v) is 2.16. The molecule has 0 saturated carbocycles. The molecule has 2 aromatic carbocycles. The number of aliphatic hydroxyl groups excluding tert-OH is 1.